The average Bonchev–Trinajstić information content (AvgIpc) is 2.73. The van der Waals surface area contributed by atoms with Gasteiger partial charge in [0.2, 0.25) is 0 Å². The van der Waals surface area contributed by atoms with Gasteiger partial charge < -0.3 is 14.6 Å². The quantitative estimate of drug-likeness (QED) is 0.917. The molecule has 0 aromatic carbocycles. The zero-order valence-corrected chi connectivity index (χ0v) is 12.9. The molecule has 0 fully saturated rings. The fourth-order valence-electron chi connectivity index (χ4n) is 2.11. The van der Waals surface area contributed by atoms with Crippen LogP contribution in [0.4, 0.5) is 0 Å². The van der Waals surface area contributed by atoms with Crippen LogP contribution in [-0.2, 0) is 7.05 Å². The largest absolute Gasteiger partial charge is 0.487 e. The van der Waals surface area contributed by atoms with Crippen LogP contribution in [-0.4, -0.2) is 28.1 Å². The Balaban J connectivity index is 1.90. The van der Waals surface area contributed by atoms with Crippen molar-refractivity contribution in [1.29, 1.82) is 0 Å². The molecule has 5 nitrogen and oxygen atoms in total. The molecule has 0 spiro atoms. The summed E-state index contributed by atoms with van der Waals surface area (Å²) in [4.78, 5) is 16.2. The van der Waals surface area contributed by atoms with Crippen LogP contribution in [0.3, 0.4) is 0 Å². The summed E-state index contributed by atoms with van der Waals surface area (Å²) < 4.78 is 7.68. The Labute approximate surface area is 125 Å². The van der Waals surface area contributed by atoms with E-state index in [2.05, 4.69) is 10.3 Å². The lowest BCUT2D eigenvalue weighted by atomic mass is 10.2. The number of aromatic nitrogens is 2. The zero-order valence-electron chi connectivity index (χ0n) is 12.9. The van der Waals surface area contributed by atoms with Crippen molar-refractivity contribution in [2.45, 2.75) is 26.9 Å². The number of hydrogen-bond donors (Lipinski definition) is 1. The molecule has 0 saturated heterocycles. The Kier molecular flexibility index (Phi) is 4.62. The van der Waals surface area contributed by atoms with Crippen LogP contribution >= 0.6 is 0 Å². The third-order valence-electron chi connectivity index (χ3n) is 3.54. The summed E-state index contributed by atoms with van der Waals surface area (Å²) in [6.45, 7) is 6.28. The highest BCUT2D eigenvalue weighted by atomic mass is 16.5. The normalized spacial score (nSPS) is 12.0. The molecule has 0 aliphatic heterocycles. The minimum Gasteiger partial charge on any atom is -0.487 e. The van der Waals surface area contributed by atoms with Gasteiger partial charge in [-0.2, -0.15) is 0 Å². The molecule has 2 heterocycles. The van der Waals surface area contributed by atoms with Gasteiger partial charge in [0.15, 0.2) is 0 Å². The second kappa shape index (κ2) is 6.43. The van der Waals surface area contributed by atoms with Crippen molar-refractivity contribution >= 4 is 5.91 Å². The van der Waals surface area contributed by atoms with E-state index in [1.165, 1.54) is 0 Å². The van der Waals surface area contributed by atoms with Gasteiger partial charge in [0, 0.05) is 24.6 Å². The smallest absolute Gasteiger partial charge is 0.253 e. The van der Waals surface area contributed by atoms with Crippen LogP contribution < -0.4 is 10.1 Å². The first-order chi connectivity index (χ1) is 9.99. The molecule has 0 radical (unpaired) electrons. The lowest BCUT2D eigenvalue weighted by Gasteiger charge is -2.15. The van der Waals surface area contributed by atoms with Gasteiger partial charge in [0.05, 0.1) is 18.3 Å². The maximum atomic E-state index is 12.2. The molecule has 0 bridgehead atoms. The van der Waals surface area contributed by atoms with Gasteiger partial charge in [-0.1, -0.05) is 0 Å². The first kappa shape index (κ1) is 15.1. The number of nitrogens with zero attached hydrogens (tertiary/aromatic N) is 2. The Bertz CT molecular complexity index is 620. The minimum atomic E-state index is -0.122. The summed E-state index contributed by atoms with van der Waals surface area (Å²) in [6.07, 6.45) is 3.23. The number of amides is 1. The minimum absolute atomic E-state index is 0.0714. The molecule has 2 aromatic heterocycles. The Hall–Kier alpha value is -2.30. The van der Waals surface area contributed by atoms with E-state index in [-0.39, 0.29) is 12.0 Å². The summed E-state index contributed by atoms with van der Waals surface area (Å²) in [6, 6.07) is 5.56. The molecule has 1 amide bonds. The van der Waals surface area contributed by atoms with Crippen molar-refractivity contribution in [3.63, 3.8) is 0 Å². The fourth-order valence-corrected chi connectivity index (χ4v) is 2.11. The molecule has 21 heavy (non-hydrogen) atoms. The predicted molar refractivity (Wildman–Crippen MR) is 81.5 cm³/mol. The molecule has 2 aromatic rings. The van der Waals surface area contributed by atoms with Crippen molar-refractivity contribution in [1.82, 2.24) is 14.9 Å². The number of carbonyl (C=O) groups excluding carboxylic acids is 1. The van der Waals surface area contributed by atoms with Crippen molar-refractivity contribution in [3.8, 4) is 5.75 Å². The van der Waals surface area contributed by atoms with E-state index in [1.54, 1.807) is 12.4 Å². The molecule has 1 atom stereocenters. The molecule has 2 rings (SSSR count). The fraction of sp³-hybridized carbons (Fsp3) is 0.375. The highest BCUT2D eigenvalue weighted by molar-refractivity contribution is 5.95. The van der Waals surface area contributed by atoms with E-state index in [9.17, 15) is 4.79 Å². The summed E-state index contributed by atoms with van der Waals surface area (Å²) >= 11 is 0. The molecular formula is C16H21N3O2. The zero-order chi connectivity index (χ0) is 15.4. The van der Waals surface area contributed by atoms with Gasteiger partial charge in [-0.25, -0.2) is 0 Å². The summed E-state index contributed by atoms with van der Waals surface area (Å²) in [5, 5.41) is 2.90. The number of nitrogens with one attached hydrogen (secondary N) is 1. The van der Waals surface area contributed by atoms with Crippen molar-refractivity contribution < 1.29 is 9.53 Å². The van der Waals surface area contributed by atoms with Gasteiger partial charge in [0.1, 0.15) is 11.9 Å². The molecule has 112 valence electrons. The van der Waals surface area contributed by atoms with E-state index in [0.29, 0.717) is 17.9 Å². The molecule has 0 saturated carbocycles. The van der Waals surface area contributed by atoms with Crippen LogP contribution in [0.5, 0.6) is 5.75 Å². The van der Waals surface area contributed by atoms with Crippen molar-refractivity contribution in [2.75, 3.05) is 6.54 Å². The second-order valence-electron chi connectivity index (χ2n) is 5.17. The van der Waals surface area contributed by atoms with Gasteiger partial charge in [0.25, 0.3) is 5.91 Å². The third kappa shape index (κ3) is 3.62. The Morgan fingerprint density at radius 3 is 2.81 bits per heavy atom. The molecule has 1 N–H and O–H groups in total. The van der Waals surface area contributed by atoms with Crippen molar-refractivity contribution in [2.24, 2.45) is 7.05 Å². The van der Waals surface area contributed by atoms with Gasteiger partial charge >= 0.3 is 0 Å². The van der Waals surface area contributed by atoms with Gasteiger partial charge in [-0.3, -0.25) is 9.78 Å². The molecule has 5 heteroatoms. The van der Waals surface area contributed by atoms with Crippen LogP contribution in [0.1, 0.15) is 28.7 Å². The molecule has 0 aliphatic carbocycles. The van der Waals surface area contributed by atoms with Crippen molar-refractivity contribution in [3.05, 3.63) is 47.5 Å². The summed E-state index contributed by atoms with van der Waals surface area (Å²) in [5.74, 6) is 0.629. The standard InChI is InChI=1S/C16H21N3O2/c1-11-8-15(13(3)19(11)4)16(20)18-9-12(2)21-14-6-5-7-17-10-14/h5-8,10,12H,9H2,1-4H3,(H,18,20). The Morgan fingerprint density at radius 2 is 2.24 bits per heavy atom. The van der Waals surface area contributed by atoms with Crippen LogP contribution in [0.2, 0.25) is 0 Å². The highest BCUT2D eigenvalue weighted by Gasteiger charge is 2.14. The molecular weight excluding hydrogens is 266 g/mol. The first-order valence-corrected chi connectivity index (χ1v) is 6.97. The topological polar surface area (TPSA) is 56.1 Å². The van der Waals surface area contributed by atoms with E-state index in [4.69, 9.17) is 4.74 Å². The van der Waals surface area contributed by atoms with E-state index >= 15 is 0 Å². The third-order valence-corrected chi connectivity index (χ3v) is 3.54. The maximum Gasteiger partial charge on any atom is 0.253 e. The number of pyridine rings is 1. The van der Waals surface area contributed by atoms with Crippen LogP contribution in [0, 0.1) is 13.8 Å². The highest BCUT2D eigenvalue weighted by Crippen LogP contribution is 2.13. The molecule has 0 aliphatic rings. The number of hydrogen-bond acceptors (Lipinski definition) is 3. The summed E-state index contributed by atoms with van der Waals surface area (Å²) in [7, 11) is 1.95. The lowest BCUT2D eigenvalue weighted by Crippen LogP contribution is -2.33. The molecule has 1 unspecified atom stereocenters. The van der Waals surface area contributed by atoms with Gasteiger partial charge in [-0.05, 0) is 39.0 Å². The number of ether oxygens (including phenoxy) is 1. The van der Waals surface area contributed by atoms with Crippen LogP contribution in [0.25, 0.3) is 0 Å². The number of carbonyl (C=O) groups is 1. The second-order valence-corrected chi connectivity index (χ2v) is 5.17. The average molecular weight is 287 g/mol. The van der Waals surface area contributed by atoms with E-state index in [1.807, 2.05) is 50.6 Å². The lowest BCUT2D eigenvalue weighted by molar-refractivity contribution is 0.0931. The van der Waals surface area contributed by atoms with E-state index < -0.39 is 0 Å². The van der Waals surface area contributed by atoms with Gasteiger partial charge in [-0.15, -0.1) is 0 Å². The monoisotopic (exact) mass is 287 g/mol. The number of aryl methyl sites for hydroxylation is 1. The van der Waals surface area contributed by atoms with E-state index in [0.717, 1.165) is 11.4 Å². The first-order valence-electron chi connectivity index (χ1n) is 6.97. The maximum absolute atomic E-state index is 12.2. The SMILES string of the molecule is Cc1cc(C(=O)NCC(C)Oc2cccnc2)c(C)n1C. The summed E-state index contributed by atoms with van der Waals surface area (Å²) in [5.41, 5.74) is 2.74. The Morgan fingerprint density at radius 1 is 1.48 bits per heavy atom. The predicted octanol–water partition coefficient (Wildman–Crippen LogP) is 2.23. The number of rotatable bonds is 5. The van der Waals surface area contributed by atoms with Crippen LogP contribution in [0.15, 0.2) is 30.6 Å².